The molecule has 2 aliphatic heterocycles. The van der Waals surface area contributed by atoms with Gasteiger partial charge in [0.25, 0.3) is 0 Å². The smallest absolute Gasteiger partial charge is 0.329 e. The van der Waals surface area contributed by atoms with Crippen molar-refractivity contribution in [2.75, 3.05) is 44.1 Å². The fourth-order valence-electron chi connectivity index (χ4n) is 10.4. The summed E-state index contributed by atoms with van der Waals surface area (Å²) in [5, 5.41) is 3.04. The van der Waals surface area contributed by atoms with Gasteiger partial charge in [-0.15, -0.1) is 0 Å². The molecule has 1 saturated carbocycles. The largest absolute Gasteiger partial charge is 0.493 e. The summed E-state index contributed by atoms with van der Waals surface area (Å²) < 4.78 is 15.1. The molecule has 2 fully saturated rings. The molecule has 5 aromatic rings. The van der Waals surface area contributed by atoms with Crippen LogP contribution >= 0.6 is 11.6 Å². The Morgan fingerprint density at radius 2 is 1.60 bits per heavy atom. The maximum Gasteiger partial charge on any atom is 0.329 e. The van der Waals surface area contributed by atoms with Gasteiger partial charge in [-0.05, 0) is 162 Å². The summed E-state index contributed by atoms with van der Waals surface area (Å²) in [7, 11) is 7.84. The highest BCUT2D eigenvalue weighted by atomic mass is 35.5. The van der Waals surface area contributed by atoms with Crippen LogP contribution in [0.1, 0.15) is 106 Å². The van der Waals surface area contributed by atoms with E-state index in [2.05, 4.69) is 59.5 Å². The van der Waals surface area contributed by atoms with Gasteiger partial charge in [-0.25, -0.2) is 4.79 Å². The summed E-state index contributed by atoms with van der Waals surface area (Å²) in [4.78, 5) is 58.6. The number of para-hydroxylation sites is 1. The molecule has 1 aliphatic carbocycles. The zero-order chi connectivity index (χ0) is 45.9. The molecule has 0 spiro atoms. The number of fused-ring (bicyclic) bond motifs is 2. The van der Waals surface area contributed by atoms with Gasteiger partial charge in [-0.1, -0.05) is 42.3 Å². The van der Waals surface area contributed by atoms with Crippen molar-refractivity contribution in [3.05, 3.63) is 117 Å². The third-order valence-corrected chi connectivity index (χ3v) is 14.1. The maximum absolute atomic E-state index is 14.1. The number of benzene rings is 4. The lowest BCUT2D eigenvalue weighted by Gasteiger charge is -2.38. The van der Waals surface area contributed by atoms with Gasteiger partial charge in [0.05, 0.1) is 36.7 Å². The highest BCUT2D eigenvalue weighted by molar-refractivity contribution is 6.30. The second-order valence-corrected chi connectivity index (χ2v) is 19.0. The quantitative estimate of drug-likeness (QED) is 0.0772. The number of ether oxygens (including phenoxy) is 2. The number of carbonyl (C=O) groups is 3. The standard InChI is InChI=1S/C52H63ClN6O6/c1-33(2)65-46-31-42-37(29-45(46)64-6)30-48(61)58(49(42)36-16-18-38(53)19-17-36)41-24-22-40(23-25-41)56(4)32-34-14-20-39(21-15-34)55(3)28-9-7-8-11-35-12-10-13-43-50(35)57(5)52(63)59(43)44-26-27-47(60)54-51(44)62/h10,12-13,16-19,22-25,29,31,33-34,39,44,49H,7-9,11,14-15,20-21,26-28,30,32H2,1-6H3,(H,54,60,62)/t34-,39-,44?,49?. The van der Waals surface area contributed by atoms with Crippen molar-refractivity contribution in [3.8, 4) is 11.5 Å². The van der Waals surface area contributed by atoms with E-state index in [1.54, 1.807) is 23.3 Å². The average Bonchev–Trinajstić information content (AvgIpc) is 3.54. The van der Waals surface area contributed by atoms with Gasteiger partial charge in [-0.2, -0.15) is 0 Å². The first-order chi connectivity index (χ1) is 31.3. The van der Waals surface area contributed by atoms with Crippen LogP contribution in [-0.4, -0.2) is 78.2 Å². The van der Waals surface area contributed by atoms with Crippen molar-refractivity contribution in [1.29, 1.82) is 0 Å². The molecule has 3 aliphatic rings. The number of imidazole rings is 1. The minimum absolute atomic E-state index is 0.0169. The van der Waals surface area contributed by atoms with Crippen molar-refractivity contribution in [3.63, 3.8) is 0 Å². The highest BCUT2D eigenvalue weighted by Crippen LogP contribution is 2.44. The lowest BCUT2D eigenvalue weighted by molar-refractivity contribution is -0.135. The minimum Gasteiger partial charge on any atom is -0.493 e. The molecule has 2 atom stereocenters. The number of unbranched alkanes of at least 4 members (excludes halogenated alkanes) is 2. The van der Waals surface area contributed by atoms with Crippen molar-refractivity contribution in [2.45, 2.75) is 109 Å². The molecule has 1 saturated heterocycles. The minimum atomic E-state index is -0.676. The molecule has 13 heteroatoms. The van der Waals surface area contributed by atoms with Crippen molar-refractivity contribution >= 4 is 51.7 Å². The lowest BCUT2D eigenvalue weighted by Crippen LogP contribution is -2.44. The first kappa shape index (κ1) is 46.0. The fraction of sp³-hybridized carbons (Fsp3) is 0.462. The van der Waals surface area contributed by atoms with Crippen molar-refractivity contribution < 1.29 is 23.9 Å². The SMILES string of the molecule is COc1cc2c(cc1OC(C)C)C(c1ccc(Cl)cc1)N(c1ccc(N(C)C[C@H]3CC[C@H](N(C)CCCCCc4cccc5c4n(C)c(=O)n5C4CCC(=O)NC4=O)CC3)cc1)C(=O)C2. The van der Waals surface area contributed by atoms with Gasteiger partial charge in [0.15, 0.2) is 11.5 Å². The van der Waals surface area contributed by atoms with E-state index in [0.29, 0.717) is 34.9 Å². The van der Waals surface area contributed by atoms with Gasteiger partial charge in [0.1, 0.15) is 6.04 Å². The van der Waals surface area contributed by atoms with Crippen LogP contribution in [0.2, 0.25) is 5.02 Å². The summed E-state index contributed by atoms with van der Waals surface area (Å²) in [6.45, 7) is 6.02. The number of hydrogen-bond donors (Lipinski definition) is 1. The average molecular weight is 904 g/mol. The Morgan fingerprint density at radius 3 is 2.29 bits per heavy atom. The van der Waals surface area contributed by atoms with Gasteiger partial charge in [0.2, 0.25) is 17.7 Å². The number of hydrogen-bond acceptors (Lipinski definition) is 8. The van der Waals surface area contributed by atoms with Crippen molar-refractivity contribution in [1.82, 2.24) is 19.4 Å². The number of amides is 3. The Bertz CT molecular complexity index is 2580. The molecular weight excluding hydrogens is 840 g/mol. The molecule has 1 aromatic heterocycles. The number of nitrogens with one attached hydrogen (secondary N) is 1. The van der Waals surface area contributed by atoms with Crippen LogP contribution in [0.15, 0.2) is 83.7 Å². The Labute approximate surface area is 387 Å². The van der Waals surface area contributed by atoms with E-state index in [4.69, 9.17) is 21.1 Å². The number of rotatable bonds is 16. The molecule has 1 N–H and O–H groups in total. The van der Waals surface area contributed by atoms with Crippen molar-refractivity contribution in [2.24, 2.45) is 13.0 Å². The maximum atomic E-state index is 14.1. The van der Waals surface area contributed by atoms with Crippen LogP contribution in [-0.2, 0) is 34.3 Å². The second-order valence-electron chi connectivity index (χ2n) is 18.6. The zero-order valence-corrected chi connectivity index (χ0v) is 39.4. The molecule has 344 valence electrons. The third kappa shape index (κ3) is 9.84. The fourth-order valence-corrected chi connectivity index (χ4v) is 10.6. The molecule has 3 amide bonds. The molecule has 2 unspecified atom stereocenters. The molecule has 3 heterocycles. The summed E-state index contributed by atoms with van der Waals surface area (Å²) in [5.74, 6) is 1.21. The molecule has 0 bridgehead atoms. The zero-order valence-electron chi connectivity index (χ0n) is 38.6. The monoisotopic (exact) mass is 902 g/mol. The number of anilines is 2. The number of halogens is 1. The number of aromatic nitrogens is 2. The predicted octanol–water partition coefficient (Wildman–Crippen LogP) is 8.79. The molecule has 12 nitrogen and oxygen atoms in total. The van der Waals surface area contributed by atoms with Crippen LogP contribution in [0, 0.1) is 5.92 Å². The first-order valence-electron chi connectivity index (χ1n) is 23.3. The van der Waals surface area contributed by atoms with Gasteiger partial charge in [0, 0.05) is 49.5 Å². The number of imide groups is 1. The lowest BCUT2D eigenvalue weighted by atomic mass is 9.85. The Kier molecular flexibility index (Phi) is 14.1. The van der Waals surface area contributed by atoms with Gasteiger partial charge in [-0.3, -0.25) is 28.8 Å². The van der Waals surface area contributed by atoms with E-state index in [9.17, 15) is 19.2 Å². The van der Waals surface area contributed by atoms with Crippen LogP contribution in [0.4, 0.5) is 11.4 Å². The summed E-state index contributed by atoms with van der Waals surface area (Å²) >= 11 is 6.33. The van der Waals surface area contributed by atoms with E-state index in [-0.39, 0.29) is 42.5 Å². The molecule has 65 heavy (non-hydrogen) atoms. The van der Waals surface area contributed by atoms with E-state index in [1.165, 1.54) is 25.7 Å². The van der Waals surface area contributed by atoms with E-state index in [1.807, 2.05) is 67.3 Å². The number of aryl methyl sites for hydroxylation is 2. The first-order valence-corrected chi connectivity index (χ1v) is 23.7. The van der Waals surface area contributed by atoms with Crippen LogP contribution in [0.25, 0.3) is 11.0 Å². The molecule has 4 aromatic carbocycles. The topological polar surface area (TPSA) is 118 Å². The van der Waals surface area contributed by atoms with Crippen LogP contribution < -0.4 is 30.3 Å². The highest BCUT2D eigenvalue weighted by Gasteiger charge is 2.37. The van der Waals surface area contributed by atoms with Crippen LogP contribution in [0.3, 0.4) is 0 Å². The summed E-state index contributed by atoms with van der Waals surface area (Å²) in [6, 6.07) is 25.6. The van der Waals surface area contributed by atoms with Gasteiger partial charge < -0.3 is 24.2 Å². The molecule has 8 rings (SSSR count). The normalized spacial score (nSPS) is 20.1. The number of nitrogens with zero attached hydrogens (tertiary/aromatic N) is 5. The van der Waals surface area contributed by atoms with E-state index in [0.717, 1.165) is 83.4 Å². The predicted molar refractivity (Wildman–Crippen MR) is 257 cm³/mol. The van der Waals surface area contributed by atoms with E-state index < -0.39 is 11.9 Å². The Morgan fingerprint density at radius 1 is 0.862 bits per heavy atom. The number of methoxy groups -OCH3 is 1. The second kappa shape index (κ2) is 19.9. The molecule has 0 radical (unpaired) electrons. The summed E-state index contributed by atoms with van der Waals surface area (Å²) in [6.07, 6.45) is 9.60. The third-order valence-electron chi connectivity index (χ3n) is 13.8. The van der Waals surface area contributed by atoms with Crippen LogP contribution in [0.5, 0.6) is 11.5 Å². The summed E-state index contributed by atoms with van der Waals surface area (Å²) in [5.41, 5.74) is 7.38. The number of piperidine rings is 1. The molecular formula is C52H63ClN6O6. The number of carbonyl (C=O) groups excluding carboxylic acids is 3. The Hall–Kier alpha value is -5.59. The van der Waals surface area contributed by atoms with Gasteiger partial charge >= 0.3 is 5.69 Å². The van der Waals surface area contributed by atoms with E-state index >= 15 is 0 Å². The Balaban J connectivity index is 0.835.